The average molecular weight is 311 g/mol. The molecule has 2 heterocycles. The third-order valence-corrected chi connectivity index (χ3v) is 4.68. The van der Waals surface area contributed by atoms with Crippen LogP contribution in [0.5, 0.6) is 0 Å². The molecule has 1 amide bonds. The monoisotopic (exact) mass is 311 g/mol. The molecule has 2 rings (SSSR count). The van der Waals surface area contributed by atoms with E-state index < -0.39 is 0 Å². The molecular formula is C15H25N3O2S. The van der Waals surface area contributed by atoms with Gasteiger partial charge in [-0.15, -0.1) is 11.3 Å². The van der Waals surface area contributed by atoms with E-state index in [0.29, 0.717) is 25.7 Å². The van der Waals surface area contributed by atoms with Crippen LogP contribution in [0.3, 0.4) is 0 Å². The Hall–Kier alpha value is -0.950. The molecule has 21 heavy (non-hydrogen) atoms. The molecule has 1 aliphatic heterocycles. The quantitative estimate of drug-likeness (QED) is 0.744. The molecular weight excluding hydrogens is 286 g/mol. The molecule has 0 saturated carbocycles. The number of nitrogens with zero attached hydrogens (tertiary/aromatic N) is 2. The number of nitrogens with one attached hydrogen (secondary N) is 1. The Morgan fingerprint density at radius 1 is 1.57 bits per heavy atom. The number of amides is 1. The molecule has 6 heteroatoms. The van der Waals surface area contributed by atoms with Crippen molar-refractivity contribution in [1.29, 1.82) is 0 Å². The maximum atomic E-state index is 12.3. The zero-order valence-electron chi connectivity index (χ0n) is 12.6. The number of aliphatic hydroxyl groups is 1. The maximum absolute atomic E-state index is 12.3. The van der Waals surface area contributed by atoms with Gasteiger partial charge in [-0.05, 0) is 30.8 Å². The van der Waals surface area contributed by atoms with E-state index in [1.54, 1.807) is 16.2 Å². The van der Waals surface area contributed by atoms with Gasteiger partial charge in [0.1, 0.15) is 0 Å². The van der Waals surface area contributed by atoms with Gasteiger partial charge in [-0.25, -0.2) is 0 Å². The molecule has 1 fully saturated rings. The summed E-state index contributed by atoms with van der Waals surface area (Å²) in [5.41, 5.74) is 0. The van der Waals surface area contributed by atoms with Gasteiger partial charge in [0, 0.05) is 31.1 Å². The highest BCUT2D eigenvalue weighted by Gasteiger charge is 2.20. The van der Waals surface area contributed by atoms with Gasteiger partial charge in [0.05, 0.1) is 19.7 Å². The Labute approximate surface area is 130 Å². The first-order valence-electron chi connectivity index (χ1n) is 7.52. The van der Waals surface area contributed by atoms with Gasteiger partial charge in [0.25, 0.3) is 0 Å². The van der Waals surface area contributed by atoms with Crippen molar-refractivity contribution >= 4 is 17.2 Å². The smallest absolute Gasteiger partial charge is 0.236 e. The molecule has 1 saturated heterocycles. The molecule has 1 aromatic heterocycles. The van der Waals surface area contributed by atoms with Crippen LogP contribution in [-0.2, 0) is 11.3 Å². The van der Waals surface area contributed by atoms with Crippen LogP contribution in [0.1, 0.15) is 17.7 Å². The molecule has 1 aliphatic rings. The van der Waals surface area contributed by atoms with E-state index in [-0.39, 0.29) is 12.5 Å². The van der Waals surface area contributed by atoms with Crippen LogP contribution >= 0.6 is 11.3 Å². The van der Waals surface area contributed by atoms with Crippen LogP contribution < -0.4 is 5.32 Å². The molecule has 0 bridgehead atoms. The lowest BCUT2D eigenvalue weighted by molar-refractivity contribution is -0.131. The molecule has 1 unspecified atom stereocenters. The van der Waals surface area contributed by atoms with Crippen LogP contribution in [0.25, 0.3) is 0 Å². The SMILES string of the molecule is CN(Cc1cccs1)C(=O)CN(CCO)CC1CCCN1. The molecule has 1 atom stereocenters. The molecule has 0 aliphatic carbocycles. The molecule has 1 aromatic rings. The lowest BCUT2D eigenvalue weighted by atomic mass is 10.2. The first-order chi connectivity index (χ1) is 10.2. The van der Waals surface area contributed by atoms with Gasteiger partial charge in [-0.1, -0.05) is 6.07 Å². The van der Waals surface area contributed by atoms with E-state index in [1.165, 1.54) is 11.3 Å². The summed E-state index contributed by atoms with van der Waals surface area (Å²) in [5, 5.41) is 14.6. The number of rotatable bonds is 8. The van der Waals surface area contributed by atoms with Crippen molar-refractivity contribution in [3.05, 3.63) is 22.4 Å². The summed E-state index contributed by atoms with van der Waals surface area (Å²) in [7, 11) is 1.84. The summed E-state index contributed by atoms with van der Waals surface area (Å²) >= 11 is 1.67. The molecule has 0 aromatic carbocycles. The Balaban J connectivity index is 1.81. The van der Waals surface area contributed by atoms with Gasteiger partial charge < -0.3 is 15.3 Å². The van der Waals surface area contributed by atoms with Crippen molar-refractivity contribution in [3.8, 4) is 0 Å². The zero-order valence-corrected chi connectivity index (χ0v) is 13.4. The maximum Gasteiger partial charge on any atom is 0.236 e. The molecule has 118 valence electrons. The summed E-state index contributed by atoms with van der Waals surface area (Å²) in [6.45, 7) is 3.57. The van der Waals surface area contributed by atoms with Gasteiger partial charge >= 0.3 is 0 Å². The van der Waals surface area contributed by atoms with Gasteiger partial charge in [-0.2, -0.15) is 0 Å². The van der Waals surface area contributed by atoms with E-state index in [2.05, 4.69) is 10.2 Å². The van der Waals surface area contributed by atoms with Gasteiger partial charge in [0.15, 0.2) is 0 Å². The van der Waals surface area contributed by atoms with Crippen molar-refractivity contribution in [2.45, 2.75) is 25.4 Å². The van der Waals surface area contributed by atoms with Crippen molar-refractivity contribution < 1.29 is 9.90 Å². The van der Waals surface area contributed by atoms with Crippen molar-refractivity contribution in [2.75, 3.05) is 39.8 Å². The van der Waals surface area contributed by atoms with Crippen LogP contribution in [0, 0.1) is 0 Å². The summed E-state index contributed by atoms with van der Waals surface area (Å²) < 4.78 is 0. The van der Waals surface area contributed by atoms with Gasteiger partial charge in [0.2, 0.25) is 5.91 Å². The topological polar surface area (TPSA) is 55.8 Å². The normalized spacial score (nSPS) is 18.3. The van der Waals surface area contributed by atoms with E-state index in [4.69, 9.17) is 0 Å². The van der Waals surface area contributed by atoms with Gasteiger partial charge in [-0.3, -0.25) is 9.69 Å². The van der Waals surface area contributed by atoms with Crippen molar-refractivity contribution in [1.82, 2.24) is 15.1 Å². The lowest BCUT2D eigenvalue weighted by Crippen LogP contribution is -2.44. The summed E-state index contributed by atoms with van der Waals surface area (Å²) in [5.74, 6) is 0.106. The number of thiophene rings is 1. The van der Waals surface area contributed by atoms with Crippen LogP contribution in [0.4, 0.5) is 0 Å². The van der Waals surface area contributed by atoms with Crippen molar-refractivity contribution in [2.24, 2.45) is 0 Å². The lowest BCUT2D eigenvalue weighted by Gasteiger charge is -2.26. The largest absolute Gasteiger partial charge is 0.395 e. The highest BCUT2D eigenvalue weighted by Crippen LogP contribution is 2.11. The number of aliphatic hydroxyl groups excluding tert-OH is 1. The zero-order chi connectivity index (χ0) is 15.1. The Bertz CT molecular complexity index is 419. The highest BCUT2D eigenvalue weighted by atomic mass is 32.1. The van der Waals surface area contributed by atoms with Crippen LogP contribution in [-0.4, -0.2) is 66.7 Å². The predicted octanol–water partition coefficient (Wildman–Crippen LogP) is 0.753. The Morgan fingerprint density at radius 2 is 2.43 bits per heavy atom. The Morgan fingerprint density at radius 3 is 3.05 bits per heavy atom. The molecule has 2 N–H and O–H groups in total. The fourth-order valence-electron chi connectivity index (χ4n) is 2.64. The highest BCUT2D eigenvalue weighted by molar-refractivity contribution is 7.09. The molecule has 0 radical (unpaired) electrons. The minimum Gasteiger partial charge on any atom is -0.395 e. The number of likely N-dealkylation sites (N-methyl/N-ethyl adjacent to an activating group) is 1. The minimum absolute atomic E-state index is 0.0919. The first kappa shape index (κ1) is 16.4. The number of carbonyl (C=O) groups is 1. The second kappa shape index (κ2) is 8.48. The van der Waals surface area contributed by atoms with Crippen LogP contribution in [0.15, 0.2) is 17.5 Å². The van der Waals surface area contributed by atoms with E-state index in [9.17, 15) is 9.90 Å². The minimum atomic E-state index is 0.0919. The van der Waals surface area contributed by atoms with E-state index in [0.717, 1.165) is 19.5 Å². The third-order valence-electron chi connectivity index (χ3n) is 3.81. The van der Waals surface area contributed by atoms with Crippen LogP contribution in [0.2, 0.25) is 0 Å². The van der Waals surface area contributed by atoms with E-state index >= 15 is 0 Å². The average Bonchev–Trinajstić information content (AvgIpc) is 3.12. The Kier molecular flexibility index (Phi) is 6.63. The fourth-order valence-corrected chi connectivity index (χ4v) is 3.39. The molecule has 5 nitrogen and oxygen atoms in total. The summed E-state index contributed by atoms with van der Waals surface area (Å²) in [4.78, 5) is 17.3. The molecule has 0 spiro atoms. The first-order valence-corrected chi connectivity index (χ1v) is 8.40. The number of hydrogen-bond acceptors (Lipinski definition) is 5. The number of carbonyl (C=O) groups excluding carboxylic acids is 1. The standard InChI is InChI=1S/C15H25N3O2S/c1-17(11-14-5-3-9-21-14)15(20)12-18(7-8-19)10-13-4-2-6-16-13/h3,5,9,13,16,19H,2,4,6-8,10-12H2,1H3. The summed E-state index contributed by atoms with van der Waals surface area (Å²) in [6.07, 6.45) is 2.35. The number of hydrogen-bond donors (Lipinski definition) is 2. The second-order valence-electron chi connectivity index (χ2n) is 5.58. The predicted molar refractivity (Wildman–Crippen MR) is 85.3 cm³/mol. The second-order valence-corrected chi connectivity index (χ2v) is 6.61. The third kappa shape index (κ3) is 5.39. The van der Waals surface area contributed by atoms with Crippen molar-refractivity contribution in [3.63, 3.8) is 0 Å². The fraction of sp³-hybridized carbons (Fsp3) is 0.667. The summed E-state index contributed by atoms with van der Waals surface area (Å²) in [6, 6.07) is 4.50. The van der Waals surface area contributed by atoms with E-state index in [1.807, 2.05) is 24.6 Å².